The van der Waals surface area contributed by atoms with Gasteiger partial charge in [0.15, 0.2) is 0 Å². The first-order valence-corrected chi connectivity index (χ1v) is 6.41. The molecule has 0 radical (unpaired) electrons. The molecule has 0 spiro atoms. The number of aliphatic hydroxyl groups excluding tert-OH is 1. The molecule has 19 heavy (non-hydrogen) atoms. The van der Waals surface area contributed by atoms with Crippen LogP contribution in [-0.4, -0.2) is 11.7 Å². The average molecular weight is 263 g/mol. The van der Waals surface area contributed by atoms with Crippen LogP contribution in [0.1, 0.15) is 36.8 Å². The molecule has 0 aliphatic heterocycles. The number of hydrogen-bond acceptors (Lipinski definition) is 3. The smallest absolute Gasteiger partial charge is 0.133 e. The third-order valence-electron chi connectivity index (χ3n) is 3.11. The molecule has 4 heteroatoms. The fourth-order valence-corrected chi connectivity index (χ4v) is 2.03. The summed E-state index contributed by atoms with van der Waals surface area (Å²) in [5.41, 5.74) is 1.01. The van der Waals surface area contributed by atoms with Gasteiger partial charge in [-0.3, -0.25) is 0 Å². The maximum Gasteiger partial charge on any atom is 0.133 e. The first-order valence-electron chi connectivity index (χ1n) is 6.41. The van der Waals surface area contributed by atoms with Crippen molar-refractivity contribution < 1.29 is 13.9 Å². The molecule has 2 aromatic rings. The molecule has 1 aromatic heterocycles. The van der Waals surface area contributed by atoms with Gasteiger partial charge in [-0.15, -0.1) is 0 Å². The van der Waals surface area contributed by atoms with Crippen molar-refractivity contribution in [2.45, 2.75) is 25.5 Å². The maximum absolute atomic E-state index is 12.9. The summed E-state index contributed by atoms with van der Waals surface area (Å²) in [6, 6.07) is 9.99. The molecule has 0 amide bonds. The largest absolute Gasteiger partial charge is 0.467 e. The minimum atomic E-state index is -0.676. The van der Waals surface area contributed by atoms with Crippen molar-refractivity contribution in [2.75, 3.05) is 6.54 Å². The van der Waals surface area contributed by atoms with E-state index in [-0.39, 0.29) is 11.9 Å². The van der Waals surface area contributed by atoms with Crippen molar-refractivity contribution in [1.82, 2.24) is 5.32 Å². The second-order valence-corrected chi connectivity index (χ2v) is 4.45. The number of nitrogens with one attached hydrogen (secondary N) is 1. The zero-order chi connectivity index (χ0) is 13.7. The number of benzene rings is 1. The SMILES string of the molecule is CCC(NCC(O)c1ccco1)c1ccc(F)cc1. The summed E-state index contributed by atoms with van der Waals surface area (Å²) in [5, 5.41) is 13.2. The van der Waals surface area contributed by atoms with E-state index in [1.54, 1.807) is 24.3 Å². The van der Waals surface area contributed by atoms with Crippen LogP contribution in [0.4, 0.5) is 4.39 Å². The van der Waals surface area contributed by atoms with Gasteiger partial charge in [-0.1, -0.05) is 19.1 Å². The van der Waals surface area contributed by atoms with E-state index in [9.17, 15) is 9.50 Å². The minimum absolute atomic E-state index is 0.0882. The Kier molecular flexibility index (Phi) is 4.71. The molecule has 2 N–H and O–H groups in total. The Balaban J connectivity index is 1.94. The summed E-state index contributed by atoms with van der Waals surface area (Å²) in [6.45, 7) is 2.43. The van der Waals surface area contributed by atoms with Crippen LogP contribution in [0.3, 0.4) is 0 Å². The van der Waals surface area contributed by atoms with E-state index in [1.165, 1.54) is 18.4 Å². The van der Waals surface area contributed by atoms with Gasteiger partial charge in [0.2, 0.25) is 0 Å². The maximum atomic E-state index is 12.9. The summed E-state index contributed by atoms with van der Waals surface area (Å²) < 4.78 is 18.0. The Hall–Kier alpha value is -1.65. The average Bonchev–Trinajstić information content (AvgIpc) is 2.95. The first kappa shape index (κ1) is 13.8. The Morgan fingerprint density at radius 2 is 2.00 bits per heavy atom. The lowest BCUT2D eigenvalue weighted by Crippen LogP contribution is -2.26. The number of rotatable bonds is 6. The standard InChI is InChI=1S/C15H18FNO2/c1-2-13(11-5-7-12(16)8-6-11)17-10-14(18)15-4-3-9-19-15/h3-9,13-14,17-18H,2,10H2,1H3. The number of aliphatic hydroxyl groups is 1. The van der Waals surface area contributed by atoms with Crippen LogP contribution in [0.15, 0.2) is 47.1 Å². The Morgan fingerprint density at radius 3 is 2.58 bits per heavy atom. The molecule has 2 atom stereocenters. The second kappa shape index (κ2) is 6.50. The van der Waals surface area contributed by atoms with Gasteiger partial charge in [0.05, 0.1) is 6.26 Å². The highest BCUT2D eigenvalue weighted by Crippen LogP contribution is 2.19. The summed E-state index contributed by atoms with van der Waals surface area (Å²) in [5.74, 6) is 0.302. The van der Waals surface area contributed by atoms with Gasteiger partial charge in [0.25, 0.3) is 0 Å². The van der Waals surface area contributed by atoms with Crippen molar-refractivity contribution in [3.63, 3.8) is 0 Å². The fourth-order valence-electron chi connectivity index (χ4n) is 2.03. The molecule has 2 rings (SSSR count). The van der Waals surface area contributed by atoms with Gasteiger partial charge < -0.3 is 14.8 Å². The number of hydrogen-bond donors (Lipinski definition) is 2. The first-order chi connectivity index (χ1) is 9.20. The third-order valence-corrected chi connectivity index (χ3v) is 3.11. The van der Waals surface area contributed by atoms with Crippen LogP contribution < -0.4 is 5.32 Å². The van der Waals surface area contributed by atoms with Crippen molar-refractivity contribution >= 4 is 0 Å². The molecule has 0 aliphatic rings. The lowest BCUT2D eigenvalue weighted by molar-refractivity contribution is 0.143. The molecule has 1 heterocycles. The molecule has 3 nitrogen and oxygen atoms in total. The molecule has 0 saturated heterocycles. The van der Waals surface area contributed by atoms with Gasteiger partial charge >= 0.3 is 0 Å². The highest BCUT2D eigenvalue weighted by atomic mass is 19.1. The summed E-state index contributed by atoms with van der Waals surface area (Å²) in [4.78, 5) is 0. The molecular formula is C15H18FNO2. The summed E-state index contributed by atoms with van der Waals surface area (Å²) in [6.07, 6.45) is 1.72. The van der Waals surface area contributed by atoms with Crippen molar-refractivity contribution in [2.24, 2.45) is 0 Å². The van der Waals surface area contributed by atoms with E-state index in [1.807, 2.05) is 6.92 Å². The van der Waals surface area contributed by atoms with Gasteiger partial charge in [0, 0.05) is 12.6 Å². The molecule has 0 saturated carbocycles. The van der Waals surface area contributed by atoms with Crippen LogP contribution in [0, 0.1) is 5.82 Å². The molecule has 2 unspecified atom stereocenters. The lowest BCUT2D eigenvalue weighted by Gasteiger charge is -2.19. The fraction of sp³-hybridized carbons (Fsp3) is 0.333. The molecule has 1 aromatic carbocycles. The Morgan fingerprint density at radius 1 is 1.26 bits per heavy atom. The molecule has 0 aliphatic carbocycles. The highest BCUT2D eigenvalue weighted by Gasteiger charge is 2.14. The van der Waals surface area contributed by atoms with Gasteiger partial charge in [0.1, 0.15) is 17.7 Å². The van der Waals surface area contributed by atoms with Gasteiger partial charge in [-0.2, -0.15) is 0 Å². The summed E-state index contributed by atoms with van der Waals surface area (Å²) in [7, 11) is 0. The van der Waals surface area contributed by atoms with E-state index in [0.29, 0.717) is 12.3 Å². The van der Waals surface area contributed by atoms with Crippen LogP contribution >= 0.6 is 0 Å². The second-order valence-electron chi connectivity index (χ2n) is 4.45. The Bertz CT molecular complexity index is 481. The zero-order valence-corrected chi connectivity index (χ0v) is 10.8. The minimum Gasteiger partial charge on any atom is -0.467 e. The van der Waals surface area contributed by atoms with Crippen LogP contribution in [0.2, 0.25) is 0 Å². The van der Waals surface area contributed by atoms with E-state index in [4.69, 9.17) is 4.42 Å². The highest BCUT2D eigenvalue weighted by molar-refractivity contribution is 5.19. The van der Waals surface area contributed by atoms with Crippen molar-refractivity contribution in [3.05, 3.63) is 59.8 Å². The predicted molar refractivity (Wildman–Crippen MR) is 71.1 cm³/mol. The molecule has 0 bridgehead atoms. The lowest BCUT2D eigenvalue weighted by atomic mass is 10.0. The Labute approximate surface area is 112 Å². The van der Waals surface area contributed by atoms with E-state index >= 15 is 0 Å². The number of furan rings is 1. The monoisotopic (exact) mass is 263 g/mol. The molecule has 102 valence electrons. The quantitative estimate of drug-likeness (QED) is 0.841. The normalized spacial score (nSPS) is 14.3. The topological polar surface area (TPSA) is 45.4 Å². The van der Waals surface area contributed by atoms with E-state index in [2.05, 4.69) is 5.32 Å². The summed E-state index contributed by atoms with van der Waals surface area (Å²) >= 11 is 0. The number of halogens is 1. The van der Waals surface area contributed by atoms with Crippen LogP contribution in [-0.2, 0) is 0 Å². The van der Waals surface area contributed by atoms with Gasteiger partial charge in [-0.25, -0.2) is 4.39 Å². The predicted octanol–water partition coefficient (Wildman–Crippen LogP) is 3.19. The van der Waals surface area contributed by atoms with E-state index in [0.717, 1.165) is 12.0 Å². The van der Waals surface area contributed by atoms with E-state index < -0.39 is 6.10 Å². The van der Waals surface area contributed by atoms with Crippen LogP contribution in [0.5, 0.6) is 0 Å². The van der Waals surface area contributed by atoms with Crippen molar-refractivity contribution in [1.29, 1.82) is 0 Å². The third kappa shape index (κ3) is 3.66. The van der Waals surface area contributed by atoms with Gasteiger partial charge in [-0.05, 0) is 36.2 Å². The van der Waals surface area contributed by atoms with Crippen LogP contribution in [0.25, 0.3) is 0 Å². The zero-order valence-electron chi connectivity index (χ0n) is 10.8. The molecule has 0 fully saturated rings. The van der Waals surface area contributed by atoms with Crippen molar-refractivity contribution in [3.8, 4) is 0 Å². The molecular weight excluding hydrogens is 245 g/mol.